The van der Waals surface area contributed by atoms with Crippen LogP contribution in [0.3, 0.4) is 0 Å². The first-order valence-corrected chi connectivity index (χ1v) is 4.46. The second-order valence-corrected chi connectivity index (χ2v) is 2.99. The van der Waals surface area contributed by atoms with Crippen molar-refractivity contribution in [3.63, 3.8) is 0 Å². The van der Waals surface area contributed by atoms with E-state index in [9.17, 15) is 4.79 Å². The topological polar surface area (TPSA) is 42.2 Å². The lowest BCUT2D eigenvalue weighted by atomic mass is 10.4. The number of rotatable bonds is 2. The smallest absolute Gasteiger partial charge is 0.287 e. The Balaban J connectivity index is 2.52. The first-order chi connectivity index (χ1) is 6.24. The summed E-state index contributed by atoms with van der Waals surface area (Å²) in [6.07, 6.45) is 0. The number of carbonyl (C=O) groups excluding carboxylic acids is 1. The number of hydrogen-bond acceptors (Lipinski definition) is 2. The average molecular weight is 242 g/mol. The van der Waals surface area contributed by atoms with Gasteiger partial charge >= 0.3 is 0 Å². The van der Waals surface area contributed by atoms with Gasteiger partial charge in [-0.15, -0.1) is 5.92 Å². The fourth-order valence-electron chi connectivity index (χ4n) is 0.736. The van der Waals surface area contributed by atoms with Gasteiger partial charge in [0.2, 0.25) is 0 Å². The van der Waals surface area contributed by atoms with Gasteiger partial charge in [0.25, 0.3) is 5.91 Å². The van der Waals surface area contributed by atoms with Crippen LogP contribution in [-0.2, 0) is 0 Å². The maximum absolute atomic E-state index is 11.2. The van der Waals surface area contributed by atoms with Crippen molar-refractivity contribution in [2.24, 2.45) is 0 Å². The SMILES string of the molecule is CC#CCNC(=O)c1ccc(Br)o1. The molecule has 1 rings (SSSR count). The predicted molar refractivity (Wildman–Crippen MR) is 52.2 cm³/mol. The minimum atomic E-state index is -0.256. The summed E-state index contributed by atoms with van der Waals surface area (Å²) in [7, 11) is 0. The normalized spacial score (nSPS) is 8.77. The third kappa shape index (κ3) is 2.96. The van der Waals surface area contributed by atoms with Crippen LogP contribution in [-0.4, -0.2) is 12.5 Å². The zero-order valence-corrected chi connectivity index (χ0v) is 8.64. The zero-order valence-electron chi connectivity index (χ0n) is 7.06. The van der Waals surface area contributed by atoms with Crippen LogP contribution in [0.1, 0.15) is 17.5 Å². The van der Waals surface area contributed by atoms with Crippen molar-refractivity contribution in [3.8, 4) is 11.8 Å². The highest BCUT2D eigenvalue weighted by molar-refractivity contribution is 9.10. The Morgan fingerprint density at radius 2 is 2.46 bits per heavy atom. The van der Waals surface area contributed by atoms with Gasteiger partial charge < -0.3 is 9.73 Å². The van der Waals surface area contributed by atoms with Crippen LogP contribution in [0.4, 0.5) is 0 Å². The third-order valence-electron chi connectivity index (χ3n) is 1.31. The van der Waals surface area contributed by atoms with Crippen molar-refractivity contribution in [1.82, 2.24) is 5.32 Å². The fraction of sp³-hybridized carbons (Fsp3) is 0.222. The molecule has 0 fully saturated rings. The summed E-state index contributed by atoms with van der Waals surface area (Å²) in [5.41, 5.74) is 0. The highest BCUT2D eigenvalue weighted by Gasteiger charge is 2.08. The van der Waals surface area contributed by atoms with Gasteiger partial charge in [-0.25, -0.2) is 0 Å². The van der Waals surface area contributed by atoms with Crippen LogP contribution in [0.2, 0.25) is 0 Å². The molecule has 1 aromatic rings. The summed E-state index contributed by atoms with van der Waals surface area (Å²) in [5.74, 6) is 5.42. The molecule has 0 unspecified atom stereocenters. The molecule has 0 aliphatic rings. The molecule has 0 atom stereocenters. The molecule has 3 nitrogen and oxygen atoms in total. The maximum atomic E-state index is 11.2. The molecule has 0 aliphatic heterocycles. The van der Waals surface area contributed by atoms with Gasteiger partial charge in [0.15, 0.2) is 10.4 Å². The Bertz CT molecular complexity index is 359. The Hall–Kier alpha value is -1.21. The number of nitrogens with one attached hydrogen (secondary N) is 1. The number of hydrogen-bond donors (Lipinski definition) is 1. The highest BCUT2D eigenvalue weighted by Crippen LogP contribution is 2.13. The van der Waals surface area contributed by atoms with Crippen molar-refractivity contribution in [1.29, 1.82) is 0 Å². The zero-order chi connectivity index (χ0) is 9.68. The van der Waals surface area contributed by atoms with E-state index in [4.69, 9.17) is 4.42 Å². The third-order valence-corrected chi connectivity index (χ3v) is 1.74. The Kier molecular flexibility index (Phi) is 3.59. The number of furan rings is 1. The summed E-state index contributed by atoms with van der Waals surface area (Å²) in [6, 6.07) is 3.26. The monoisotopic (exact) mass is 241 g/mol. The lowest BCUT2D eigenvalue weighted by molar-refractivity contribution is 0.0930. The van der Waals surface area contributed by atoms with Crippen LogP contribution in [0.15, 0.2) is 21.2 Å². The minimum Gasteiger partial charge on any atom is -0.444 e. The molecule has 0 aromatic carbocycles. The first-order valence-electron chi connectivity index (χ1n) is 3.67. The fourth-order valence-corrected chi connectivity index (χ4v) is 1.04. The molecule has 0 saturated carbocycles. The lowest BCUT2D eigenvalue weighted by Gasteiger charge is -1.95. The molecule has 4 heteroatoms. The largest absolute Gasteiger partial charge is 0.444 e. The molecular formula is C9H8BrNO2. The van der Waals surface area contributed by atoms with E-state index in [2.05, 4.69) is 33.1 Å². The Morgan fingerprint density at radius 3 is 3.00 bits per heavy atom. The standard InChI is InChI=1S/C9H8BrNO2/c1-2-3-6-11-9(12)7-4-5-8(10)13-7/h4-5H,6H2,1H3,(H,11,12). The second kappa shape index (κ2) is 4.73. The van der Waals surface area contributed by atoms with Crippen LogP contribution in [0.25, 0.3) is 0 Å². The van der Waals surface area contributed by atoms with Crippen molar-refractivity contribution >= 4 is 21.8 Å². The molecule has 0 radical (unpaired) electrons. The Labute approximate surface area is 84.6 Å². The van der Waals surface area contributed by atoms with Gasteiger partial charge in [0.05, 0.1) is 6.54 Å². The molecular weight excluding hydrogens is 234 g/mol. The minimum absolute atomic E-state index is 0.256. The molecule has 0 aliphatic carbocycles. The van der Waals surface area contributed by atoms with Crippen LogP contribution in [0, 0.1) is 11.8 Å². The van der Waals surface area contributed by atoms with E-state index >= 15 is 0 Å². The van der Waals surface area contributed by atoms with Crippen molar-refractivity contribution in [2.75, 3.05) is 6.54 Å². The maximum Gasteiger partial charge on any atom is 0.287 e. The van der Waals surface area contributed by atoms with Crippen LogP contribution >= 0.6 is 15.9 Å². The molecule has 13 heavy (non-hydrogen) atoms. The van der Waals surface area contributed by atoms with E-state index in [0.717, 1.165) is 0 Å². The van der Waals surface area contributed by atoms with E-state index in [1.165, 1.54) is 0 Å². The van der Waals surface area contributed by atoms with Gasteiger partial charge in [-0.3, -0.25) is 4.79 Å². The second-order valence-electron chi connectivity index (χ2n) is 2.21. The van der Waals surface area contributed by atoms with E-state index in [-0.39, 0.29) is 11.7 Å². The molecule has 1 N–H and O–H groups in total. The molecule has 0 bridgehead atoms. The first kappa shape index (κ1) is 9.87. The van der Waals surface area contributed by atoms with Crippen molar-refractivity contribution < 1.29 is 9.21 Å². The molecule has 0 spiro atoms. The summed E-state index contributed by atoms with van der Waals surface area (Å²) in [6.45, 7) is 2.06. The summed E-state index contributed by atoms with van der Waals surface area (Å²) in [4.78, 5) is 11.2. The van der Waals surface area contributed by atoms with E-state index in [1.807, 2.05) is 0 Å². The van der Waals surface area contributed by atoms with Gasteiger partial charge in [-0.05, 0) is 35.0 Å². The molecule has 1 amide bonds. The molecule has 0 saturated heterocycles. The molecule has 1 aromatic heterocycles. The summed E-state index contributed by atoms with van der Waals surface area (Å²) >= 11 is 3.11. The highest BCUT2D eigenvalue weighted by atomic mass is 79.9. The molecule has 1 heterocycles. The van der Waals surface area contributed by atoms with Gasteiger partial charge in [0.1, 0.15) is 0 Å². The van der Waals surface area contributed by atoms with Gasteiger partial charge in [-0.1, -0.05) is 5.92 Å². The summed E-state index contributed by atoms with van der Waals surface area (Å²) < 4.78 is 5.57. The van der Waals surface area contributed by atoms with Crippen LogP contribution < -0.4 is 5.32 Å². The van der Waals surface area contributed by atoms with E-state index in [0.29, 0.717) is 11.2 Å². The van der Waals surface area contributed by atoms with E-state index in [1.54, 1.807) is 19.1 Å². The number of amides is 1. The number of carbonyl (C=O) groups is 1. The van der Waals surface area contributed by atoms with E-state index < -0.39 is 0 Å². The van der Waals surface area contributed by atoms with Crippen LogP contribution in [0.5, 0.6) is 0 Å². The van der Waals surface area contributed by atoms with Crippen molar-refractivity contribution in [3.05, 3.63) is 22.6 Å². The average Bonchev–Trinajstić information content (AvgIpc) is 2.52. The number of halogens is 1. The summed E-state index contributed by atoms with van der Waals surface area (Å²) in [5, 5.41) is 2.59. The molecule has 68 valence electrons. The Morgan fingerprint density at radius 1 is 1.69 bits per heavy atom. The van der Waals surface area contributed by atoms with Gasteiger partial charge in [-0.2, -0.15) is 0 Å². The van der Waals surface area contributed by atoms with Crippen molar-refractivity contribution in [2.45, 2.75) is 6.92 Å². The lowest BCUT2D eigenvalue weighted by Crippen LogP contribution is -2.22. The van der Waals surface area contributed by atoms with Gasteiger partial charge in [0, 0.05) is 0 Å². The quantitative estimate of drug-likeness (QED) is 0.803. The predicted octanol–water partition coefficient (Wildman–Crippen LogP) is 1.80.